The van der Waals surface area contributed by atoms with Gasteiger partial charge in [-0.15, -0.1) is 0 Å². The molecule has 3 heteroatoms. The normalized spacial score (nSPS) is 17.5. The van der Waals surface area contributed by atoms with Gasteiger partial charge in [0.05, 0.1) is 5.69 Å². The molecule has 0 saturated carbocycles. The predicted octanol–water partition coefficient (Wildman–Crippen LogP) is 2.48. The van der Waals surface area contributed by atoms with Crippen molar-refractivity contribution in [1.29, 1.82) is 0 Å². The molecule has 0 bridgehead atoms. The van der Waals surface area contributed by atoms with Crippen LogP contribution in [0.4, 0.5) is 5.69 Å². The van der Waals surface area contributed by atoms with Gasteiger partial charge in [-0.05, 0) is 25.0 Å². The first kappa shape index (κ1) is 10.1. The van der Waals surface area contributed by atoms with Crippen LogP contribution < -0.4 is 4.90 Å². The van der Waals surface area contributed by atoms with E-state index in [0.717, 1.165) is 31.6 Å². The topological polar surface area (TPSA) is 43.7 Å². The van der Waals surface area contributed by atoms with Gasteiger partial charge in [-0.1, -0.05) is 12.8 Å². The van der Waals surface area contributed by atoms with Crippen molar-refractivity contribution in [3.8, 4) is 11.5 Å². The number of hydrogen-bond acceptors (Lipinski definition) is 3. The van der Waals surface area contributed by atoms with E-state index in [0.29, 0.717) is 0 Å². The van der Waals surface area contributed by atoms with Crippen molar-refractivity contribution in [1.82, 2.24) is 0 Å². The molecule has 0 unspecified atom stereocenters. The molecule has 0 amide bonds. The number of anilines is 1. The van der Waals surface area contributed by atoms with Crippen LogP contribution in [0.5, 0.6) is 11.5 Å². The van der Waals surface area contributed by atoms with Gasteiger partial charge in [0.1, 0.15) is 11.5 Å². The summed E-state index contributed by atoms with van der Waals surface area (Å²) in [7, 11) is 0. The quantitative estimate of drug-likeness (QED) is 0.695. The molecule has 0 radical (unpaired) electrons. The first-order valence-corrected chi connectivity index (χ1v) is 5.54. The maximum atomic E-state index is 9.73. The van der Waals surface area contributed by atoms with Crippen molar-refractivity contribution in [2.75, 3.05) is 18.0 Å². The van der Waals surface area contributed by atoms with Crippen LogP contribution >= 0.6 is 0 Å². The van der Waals surface area contributed by atoms with Gasteiger partial charge < -0.3 is 15.1 Å². The van der Waals surface area contributed by atoms with E-state index in [1.165, 1.54) is 18.9 Å². The molecule has 82 valence electrons. The molecule has 0 spiro atoms. The highest BCUT2D eigenvalue weighted by Gasteiger charge is 2.13. The monoisotopic (exact) mass is 207 g/mol. The first-order valence-electron chi connectivity index (χ1n) is 5.54. The van der Waals surface area contributed by atoms with Gasteiger partial charge >= 0.3 is 0 Å². The lowest BCUT2D eigenvalue weighted by Crippen LogP contribution is -2.23. The van der Waals surface area contributed by atoms with E-state index in [2.05, 4.69) is 4.90 Å². The van der Waals surface area contributed by atoms with Gasteiger partial charge in [-0.3, -0.25) is 0 Å². The number of aromatic hydroxyl groups is 2. The van der Waals surface area contributed by atoms with Crippen LogP contribution in [0.15, 0.2) is 18.2 Å². The van der Waals surface area contributed by atoms with Crippen LogP contribution in [-0.4, -0.2) is 23.3 Å². The van der Waals surface area contributed by atoms with E-state index >= 15 is 0 Å². The molecular formula is C12H17NO2. The molecule has 2 rings (SSSR count). The second kappa shape index (κ2) is 4.43. The fourth-order valence-electron chi connectivity index (χ4n) is 2.08. The Morgan fingerprint density at radius 3 is 2.27 bits per heavy atom. The van der Waals surface area contributed by atoms with E-state index < -0.39 is 0 Å². The molecular weight excluding hydrogens is 190 g/mol. The standard InChI is InChI=1S/C12H17NO2/c14-10-5-6-12(15)11(9-10)13-7-3-1-2-4-8-13/h5-6,9,14-15H,1-4,7-8H2. The summed E-state index contributed by atoms with van der Waals surface area (Å²) in [6, 6.07) is 4.70. The molecule has 1 heterocycles. The number of hydrogen-bond donors (Lipinski definition) is 2. The van der Waals surface area contributed by atoms with E-state index in [1.807, 2.05) is 0 Å². The largest absolute Gasteiger partial charge is 0.508 e. The molecule has 1 saturated heterocycles. The van der Waals surface area contributed by atoms with Crippen LogP contribution in [0.1, 0.15) is 25.7 Å². The van der Waals surface area contributed by atoms with E-state index in [9.17, 15) is 10.2 Å². The Morgan fingerprint density at radius 1 is 0.933 bits per heavy atom. The SMILES string of the molecule is Oc1ccc(O)c(N2CCCCCC2)c1. The van der Waals surface area contributed by atoms with Crippen molar-refractivity contribution in [3.63, 3.8) is 0 Å². The van der Waals surface area contributed by atoms with Crippen molar-refractivity contribution in [3.05, 3.63) is 18.2 Å². The third-order valence-corrected chi connectivity index (χ3v) is 2.91. The summed E-state index contributed by atoms with van der Waals surface area (Å²) in [6.07, 6.45) is 4.84. The molecule has 1 aliphatic heterocycles. The molecule has 15 heavy (non-hydrogen) atoms. The summed E-state index contributed by atoms with van der Waals surface area (Å²) in [5.74, 6) is 0.474. The smallest absolute Gasteiger partial charge is 0.139 e. The highest BCUT2D eigenvalue weighted by Crippen LogP contribution is 2.32. The zero-order chi connectivity index (χ0) is 10.7. The Kier molecular flexibility index (Phi) is 2.99. The zero-order valence-corrected chi connectivity index (χ0v) is 8.82. The Morgan fingerprint density at radius 2 is 1.60 bits per heavy atom. The predicted molar refractivity (Wildman–Crippen MR) is 60.5 cm³/mol. The number of phenols is 2. The fraction of sp³-hybridized carbons (Fsp3) is 0.500. The second-order valence-corrected chi connectivity index (χ2v) is 4.07. The Hall–Kier alpha value is -1.38. The summed E-state index contributed by atoms with van der Waals surface area (Å²) in [5, 5.41) is 19.1. The van der Waals surface area contributed by atoms with E-state index in [4.69, 9.17) is 0 Å². The van der Waals surface area contributed by atoms with Crippen LogP contribution in [0.2, 0.25) is 0 Å². The number of nitrogens with zero attached hydrogens (tertiary/aromatic N) is 1. The Labute approximate surface area is 90.0 Å². The zero-order valence-electron chi connectivity index (χ0n) is 8.82. The molecule has 3 nitrogen and oxygen atoms in total. The summed E-state index contributed by atoms with van der Waals surface area (Å²) in [6.45, 7) is 1.94. The summed E-state index contributed by atoms with van der Waals surface area (Å²) in [4.78, 5) is 2.15. The lowest BCUT2D eigenvalue weighted by Gasteiger charge is -2.23. The number of benzene rings is 1. The van der Waals surface area contributed by atoms with Gasteiger partial charge in [-0.2, -0.15) is 0 Å². The Bertz CT molecular complexity index is 330. The lowest BCUT2D eigenvalue weighted by molar-refractivity contribution is 0.459. The molecule has 1 aliphatic rings. The molecule has 0 aliphatic carbocycles. The van der Waals surface area contributed by atoms with Crippen LogP contribution in [0, 0.1) is 0 Å². The van der Waals surface area contributed by atoms with Gasteiger partial charge in [-0.25, -0.2) is 0 Å². The minimum atomic E-state index is 0.215. The third kappa shape index (κ3) is 2.35. The molecule has 2 N–H and O–H groups in total. The van der Waals surface area contributed by atoms with Crippen LogP contribution in [0.3, 0.4) is 0 Å². The second-order valence-electron chi connectivity index (χ2n) is 4.07. The average molecular weight is 207 g/mol. The minimum Gasteiger partial charge on any atom is -0.508 e. The van der Waals surface area contributed by atoms with Gasteiger partial charge in [0.25, 0.3) is 0 Å². The summed E-state index contributed by atoms with van der Waals surface area (Å²) in [5.41, 5.74) is 0.761. The fourth-order valence-corrected chi connectivity index (χ4v) is 2.08. The minimum absolute atomic E-state index is 0.215. The van der Waals surface area contributed by atoms with Crippen LogP contribution in [-0.2, 0) is 0 Å². The summed E-state index contributed by atoms with van der Waals surface area (Å²) < 4.78 is 0. The molecule has 1 aromatic rings. The van der Waals surface area contributed by atoms with Gasteiger partial charge in [0.15, 0.2) is 0 Å². The third-order valence-electron chi connectivity index (χ3n) is 2.91. The molecule has 0 aromatic heterocycles. The van der Waals surface area contributed by atoms with Crippen molar-refractivity contribution < 1.29 is 10.2 Å². The van der Waals surface area contributed by atoms with E-state index in [1.54, 1.807) is 12.1 Å². The van der Waals surface area contributed by atoms with Gasteiger partial charge in [0.2, 0.25) is 0 Å². The molecule has 0 atom stereocenters. The number of rotatable bonds is 1. The van der Waals surface area contributed by atoms with E-state index in [-0.39, 0.29) is 11.5 Å². The maximum Gasteiger partial charge on any atom is 0.139 e. The highest BCUT2D eigenvalue weighted by molar-refractivity contribution is 5.60. The Balaban J connectivity index is 2.22. The average Bonchev–Trinajstić information content (AvgIpc) is 2.50. The number of phenolic OH excluding ortho intramolecular Hbond substituents is 2. The van der Waals surface area contributed by atoms with Crippen LogP contribution in [0.25, 0.3) is 0 Å². The van der Waals surface area contributed by atoms with Crippen molar-refractivity contribution in [2.24, 2.45) is 0 Å². The van der Waals surface area contributed by atoms with Gasteiger partial charge in [0, 0.05) is 19.2 Å². The molecule has 1 fully saturated rings. The maximum absolute atomic E-state index is 9.73. The van der Waals surface area contributed by atoms with Crippen molar-refractivity contribution in [2.45, 2.75) is 25.7 Å². The first-order chi connectivity index (χ1) is 7.27. The lowest BCUT2D eigenvalue weighted by atomic mass is 10.2. The molecule has 1 aromatic carbocycles. The van der Waals surface area contributed by atoms with Crippen molar-refractivity contribution >= 4 is 5.69 Å². The highest BCUT2D eigenvalue weighted by atomic mass is 16.3. The summed E-state index contributed by atoms with van der Waals surface area (Å²) >= 11 is 0.